The number of rotatable bonds is 6. The predicted octanol–water partition coefficient (Wildman–Crippen LogP) is 2.59. The summed E-state index contributed by atoms with van der Waals surface area (Å²) in [4.78, 5) is 11.9. The Bertz CT molecular complexity index is 739. The van der Waals surface area contributed by atoms with Gasteiger partial charge in [-0.3, -0.25) is 4.79 Å². The molecule has 5 nitrogen and oxygen atoms in total. The van der Waals surface area contributed by atoms with E-state index in [0.717, 1.165) is 11.6 Å². The zero-order chi connectivity index (χ0) is 17.7. The van der Waals surface area contributed by atoms with Gasteiger partial charge in [-0.25, -0.2) is 4.39 Å². The number of aromatic hydroxyl groups is 1. The molecule has 0 aromatic heterocycles. The molecular weight excluding hydrogens is 337 g/mol. The third-order valence-electron chi connectivity index (χ3n) is 3.46. The summed E-state index contributed by atoms with van der Waals surface area (Å²) in [6.07, 6.45) is -0.948. The van der Waals surface area contributed by atoms with E-state index in [2.05, 4.69) is 5.32 Å². The van der Waals surface area contributed by atoms with Crippen LogP contribution in [0.1, 0.15) is 17.2 Å². The fourth-order valence-corrected chi connectivity index (χ4v) is 2.33. The van der Waals surface area contributed by atoms with Crippen LogP contribution in [0.3, 0.4) is 0 Å². The van der Waals surface area contributed by atoms with Crippen molar-refractivity contribution in [2.24, 2.45) is 0 Å². The maximum absolute atomic E-state index is 13.1. The molecule has 2 aromatic rings. The van der Waals surface area contributed by atoms with Gasteiger partial charge in [-0.2, -0.15) is 0 Å². The Morgan fingerprint density at radius 3 is 2.75 bits per heavy atom. The summed E-state index contributed by atoms with van der Waals surface area (Å²) in [6, 6.07) is 8.49. The lowest BCUT2D eigenvalue weighted by Gasteiger charge is -2.12. The van der Waals surface area contributed by atoms with Gasteiger partial charge >= 0.3 is 0 Å². The molecule has 0 aliphatic carbocycles. The van der Waals surface area contributed by atoms with E-state index in [1.807, 2.05) is 0 Å². The van der Waals surface area contributed by atoms with Gasteiger partial charge in [-0.1, -0.05) is 23.7 Å². The third-order valence-corrected chi connectivity index (χ3v) is 3.75. The van der Waals surface area contributed by atoms with Crippen LogP contribution in [0.15, 0.2) is 36.4 Å². The van der Waals surface area contributed by atoms with E-state index in [1.165, 1.54) is 25.3 Å². The Morgan fingerprint density at radius 1 is 1.33 bits per heavy atom. The number of benzene rings is 2. The summed E-state index contributed by atoms with van der Waals surface area (Å²) in [5, 5.41) is 21.9. The van der Waals surface area contributed by atoms with Crippen molar-refractivity contribution in [2.75, 3.05) is 13.7 Å². The van der Waals surface area contributed by atoms with Crippen molar-refractivity contribution < 1.29 is 24.1 Å². The molecule has 1 atom stereocenters. The molecule has 0 aliphatic rings. The molecule has 0 bridgehead atoms. The number of ether oxygens (including phenoxy) is 1. The van der Waals surface area contributed by atoms with E-state index >= 15 is 0 Å². The van der Waals surface area contributed by atoms with Gasteiger partial charge in [-0.15, -0.1) is 0 Å². The van der Waals surface area contributed by atoms with Crippen LogP contribution in [-0.4, -0.2) is 29.8 Å². The number of amides is 1. The molecule has 128 valence electrons. The first kappa shape index (κ1) is 18.0. The van der Waals surface area contributed by atoms with Crippen LogP contribution in [0.2, 0.25) is 5.02 Å². The molecule has 0 heterocycles. The van der Waals surface area contributed by atoms with Crippen LogP contribution in [-0.2, 0) is 11.2 Å². The number of carbonyl (C=O) groups is 1. The van der Waals surface area contributed by atoms with E-state index in [4.69, 9.17) is 16.3 Å². The number of carbonyl (C=O) groups excluding carboxylic acids is 1. The van der Waals surface area contributed by atoms with Gasteiger partial charge in [-0.05, 0) is 41.8 Å². The van der Waals surface area contributed by atoms with Crippen molar-refractivity contribution in [3.63, 3.8) is 0 Å². The van der Waals surface area contributed by atoms with Crippen LogP contribution >= 0.6 is 11.6 Å². The second-order valence-electron chi connectivity index (χ2n) is 5.12. The first-order valence-corrected chi connectivity index (χ1v) is 7.56. The summed E-state index contributed by atoms with van der Waals surface area (Å²) in [5.74, 6) is -0.841. The quantitative estimate of drug-likeness (QED) is 0.746. The normalized spacial score (nSPS) is 11.8. The number of hydrogen-bond acceptors (Lipinski definition) is 4. The van der Waals surface area contributed by atoms with E-state index in [1.54, 1.807) is 12.1 Å². The number of halogens is 2. The highest BCUT2D eigenvalue weighted by Crippen LogP contribution is 2.26. The van der Waals surface area contributed by atoms with E-state index in [9.17, 15) is 19.4 Å². The minimum absolute atomic E-state index is 0.0360. The lowest BCUT2D eigenvalue weighted by Crippen LogP contribution is -2.31. The topological polar surface area (TPSA) is 78.8 Å². The molecule has 0 radical (unpaired) electrons. The summed E-state index contributed by atoms with van der Waals surface area (Å²) in [6.45, 7) is 0.277. The average Bonchev–Trinajstić information content (AvgIpc) is 2.58. The minimum Gasteiger partial charge on any atom is -0.504 e. The highest BCUT2D eigenvalue weighted by atomic mass is 35.5. The zero-order valence-electron chi connectivity index (χ0n) is 12.9. The second kappa shape index (κ2) is 7.99. The molecule has 2 rings (SSSR count). The highest BCUT2D eigenvalue weighted by molar-refractivity contribution is 6.30. The van der Waals surface area contributed by atoms with Gasteiger partial charge < -0.3 is 20.3 Å². The number of methoxy groups -OCH3 is 1. The molecule has 0 aliphatic heterocycles. The van der Waals surface area contributed by atoms with Crippen LogP contribution in [0.4, 0.5) is 4.39 Å². The molecule has 3 N–H and O–H groups in total. The van der Waals surface area contributed by atoms with Crippen LogP contribution in [0, 0.1) is 5.82 Å². The number of nitrogens with one attached hydrogen (secondary N) is 1. The third kappa shape index (κ3) is 4.37. The lowest BCUT2D eigenvalue weighted by molar-refractivity contribution is -0.129. The molecule has 24 heavy (non-hydrogen) atoms. The zero-order valence-corrected chi connectivity index (χ0v) is 13.7. The molecule has 0 spiro atoms. The maximum atomic E-state index is 13.1. The first-order chi connectivity index (χ1) is 11.4. The van der Waals surface area contributed by atoms with E-state index in [0.29, 0.717) is 12.2 Å². The molecule has 0 fully saturated rings. The van der Waals surface area contributed by atoms with Crippen molar-refractivity contribution in [1.82, 2.24) is 5.32 Å². The Kier molecular flexibility index (Phi) is 6.00. The van der Waals surface area contributed by atoms with Crippen molar-refractivity contribution >= 4 is 17.5 Å². The fraction of sp³-hybridized carbons (Fsp3) is 0.235. The van der Waals surface area contributed by atoms with Crippen LogP contribution < -0.4 is 10.1 Å². The predicted molar refractivity (Wildman–Crippen MR) is 87.7 cm³/mol. The standard InChI is InChI=1S/C17H17ClFNO4/c1-24-15-8-10(2-5-14(15)21)6-7-20-17(23)16(22)11-3-4-13(19)12(18)9-11/h2-5,8-9,16,21-22H,6-7H2,1H3,(H,20,23)/t16-/m0/s1. The number of phenols is 1. The molecule has 0 unspecified atom stereocenters. The average molecular weight is 354 g/mol. The summed E-state index contributed by atoms with van der Waals surface area (Å²) >= 11 is 5.64. The summed E-state index contributed by atoms with van der Waals surface area (Å²) in [7, 11) is 1.45. The Hall–Kier alpha value is -2.31. The van der Waals surface area contributed by atoms with Gasteiger partial charge in [0.25, 0.3) is 5.91 Å². The van der Waals surface area contributed by atoms with Gasteiger partial charge in [0.15, 0.2) is 17.6 Å². The molecule has 1 amide bonds. The summed E-state index contributed by atoms with van der Waals surface area (Å²) < 4.78 is 18.1. The van der Waals surface area contributed by atoms with Gasteiger partial charge in [0.05, 0.1) is 12.1 Å². The molecule has 0 saturated carbocycles. The van der Waals surface area contributed by atoms with Crippen molar-refractivity contribution in [2.45, 2.75) is 12.5 Å². The smallest absolute Gasteiger partial charge is 0.253 e. The van der Waals surface area contributed by atoms with Crippen LogP contribution in [0.5, 0.6) is 11.5 Å². The van der Waals surface area contributed by atoms with Crippen molar-refractivity contribution in [3.05, 3.63) is 58.4 Å². The second-order valence-corrected chi connectivity index (χ2v) is 5.53. The number of aliphatic hydroxyl groups is 1. The first-order valence-electron chi connectivity index (χ1n) is 7.19. The SMILES string of the molecule is COc1cc(CCNC(=O)[C@@H](O)c2ccc(F)c(Cl)c2)ccc1O. The van der Waals surface area contributed by atoms with E-state index in [-0.39, 0.29) is 22.9 Å². The minimum atomic E-state index is -1.43. The Morgan fingerprint density at radius 2 is 2.08 bits per heavy atom. The largest absolute Gasteiger partial charge is 0.504 e. The van der Waals surface area contributed by atoms with Gasteiger partial charge in [0.1, 0.15) is 5.82 Å². The number of hydrogen-bond donors (Lipinski definition) is 3. The molecule has 2 aromatic carbocycles. The van der Waals surface area contributed by atoms with Gasteiger partial charge in [0, 0.05) is 6.54 Å². The lowest BCUT2D eigenvalue weighted by atomic mass is 10.1. The van der Waals surface area contributed by atoms with E-state index < -0.39 is 17.8 Å². The fourth-order valence-electron chi connectivity index (χ4n) is 2.14. The molecular formula is C17H17ClFNO4. The van der Waals surface area contributed by atoms with Crippen molar-refractivity contribution in [1.29, 1.82) is 0 Å². The maximum Gasteiger partial charge on any atom is 0.253 e. The Labute approximate surface area is 143 Å². The van der Waals surface area contributed by atoms with Crippen LogP contribution in [0.25, 0.3) is 0 Å². The monoisotopic (exact) mass is 353 g/mol. The van der Waals surface area contributed by atoms with Gasteiger partial charge in [0.2, 0.25) is 0 Å². The summed E-state index contributed by atoms with van der Waals surface area (Å²) in [5.41, 5.74) is 1.06. The molecule has 0 saturated heterocycles. The van der Waals surface area contributed by atoms with Crippen molar-refractivity contribution in [3.8, 4) is 11.5 Å². The molecule has 7 heteroatoms. The highest BCUT2D eigenvalue weighted by Gasteiger charge is 2.18. The Balaban J connectivity index is 1.91. The number of aliphatic hydroxyl groups excluding tert-OH is 1. The number of phenolic OH excluding ortho intramolecular Hbond substituents is 1.